The van der Waals surface area contributed by atoms with Gasteiger partial charge < -0.3 is 4.43 Å². The van der Waals surface area contributed by atoms with E-state index in [2.05, 4.69) is 70.2 Å². The molecule has 0 aromatic heterocycles. The zero-order chi connectivity index (χ0) is 20.6. The van der Waals surface area contributed by atoms with Gasteiger partial charge in [0.2, 0.25) is 0 Å². The Morgan fingerprint density at radius 3 is 2.10 bits per heavy atom. The van der Waals surface area contributed by atoms with E-state index in [1.807, 2.05) is 18.2 Å². The second kappa shape index (κ2) is 8.04. The third-order valence-corrected chi connectivity index (χ3v) is 12.8. The Morgan fingerprint density at radius 1 is 0.931 bits per heavy atom. The first-order chi connectivity index (χ1) is 13.9. The fourth-order valence-corrected chi connectivity index (χ4v) is 10.3. The van der Waals surface area contributed by atoms with Crippen LogP contribution in [-0.2, 0) is 15.6 Å². The van der Waals surface area contributed by atoms with Gasteiger partial charge in [0.1, 0.15) is 0 Å². The van der Waals surface area contributed by atoms with Crippen molar-refractivity contribution in [2.75, 3.05) is 0 Å². The maximum atomic E-state index is 13.2. The van der Waals surface area contributed by atoms with Gasteiger partial charge in [0.25, 0.3) is 0 Å². The summed E-state index contributed by atoms with van der Waals surface area (Å²) in [6, 6.07) is 21.9. The Bertz CT molecular complexity index is 891. The van der Waals surface area contributed by atoms with Crippen molar-refractivity contribution in [2.24, 2.45) is 5.92 Å². The molecule has 1 fully saturated rings. The number of rotatable bonds is 5. The van der Waals surface area contributed by atoms with Gasteiger partial charge in [-0.15, -0.1) is 0 Å². The first kappa shape index (κ1) is 20.3. The fraction of sp³-hybridized carbons (Fsp3) is 0.423. The van der Waals surface area contributed by atoms with Gasteiger partial charge in [0.15, 0.2) is 14.1 Å². The van der Waals surface area contributed by atoms with Crippen molar-refractivity contribution in [1.82, 2.24) is 0 Å². The molecule has 1 saturated heterocycles. The molecule has 152 valence electrons. The minimum absolute atomic E-state index is 0.00859. The fourth-order valence-electron chi connectivity index (χ4n) is 5.49. The highest BCUT2D eigenvalue weighted by Gasteiger charge is 2.53. The highest BCUT2D eigenvalue weighted by molar-refractivity contribution is 6.76. The summed E-state index contributed by atoms with van der Waals surface area (Å²) >= 11 is 0. The Hall–Kier alpha value is -1.97. The van der Waals surface area contributed by atoms with Gasteiger partial charge in [0, 0.05) is 18.4 Å². The molecule has 29 heavy (non-hydrogen) atoms. The predicted molar refractivity (Wildman–Crippen MR) is 122 cm³/mol. The molecule has 0 amide bonds. The van der Waals surface area contributed by atoms with Gasteiger partial charge >= 0.3 is 0 Å². The van der Waals surface area contributed by atoms with Crippen LogP contribution in [0.4, 0.5) is 0 Å². The van der Waals surface area contributed by atoms with Crippen LogP contribution in [-0.4, -0.2) is 20.2 Å². The van der Waals surface area contributed by atoms with Crippen molar-refractivity contribution >= 4 is 19.7 Å². The Morgan fingerprint density at radius 2 is 1.52 bits per heavy atom. The van der Waals surface area contributed by atoms with Crippen LogP contribution in [0.25, 0.3) is 5.57 Å². The molecule has 0 unspecified atom stereocenters. The summed E-state index contributed by atoms with van der Waals surface area (Å²) in [5, 5.41) is 0. The molecule has 1 aliphatic heterocycles. The standard InChI is InChI=1S/C26H32O2Si/c1-18(2)29(19(3)4)17-22-16-23(27)25(21-13-9-6-10-14-21)26(22)24(28-29)15-20-11-7-5-8-12-20/h5-14,18-19,22,24H,15-17H2,1-4H3/t22-,24-/m0/s1. The molecule has 1 heterocycles. The molecule has 0 N–H and O–H groups in total. The van der Waals surface area contributed by atoms with Crippen LogP contribution in [0.15, 0.2) is 66.2 Å². The number of ketones is 1. The van der Waals surface area contributed by atoms with Gasteiger partial charge in [-0.2, -0.15) is 0 Å². The monoisotopic (exact) mass is 404 g/mol. The van der Waals surface area contributed by atoms with Crippen LogP contribution in [0.1, 0.15) is 45.2 Å². The minimum Gasteiger partial charge on any atom is -0.409 e. The molecule has 0 spiro atoms. The summed E-state index contributed by atoms with van der Waals surface area (Å²) in [6.45, 7) is 9.32. The number of Topliss-reactive ketones (excluding diaryl/α,β-unsaturated/α-hetero) is 1. The summed E-state index contributed by atoms with van der Waals surface area (Å²) < 4.78 is 7.14. The van der Waals surface area contributed by atoms with Gasteiger partial charge in [-0.1, -0.05) is 88.4 Å². The maximum absolute atomic E-state index is 13.2. The number of allylic oxidation sites excluding steroid dienone is 1. The average Bonchev–Trinajstić information content (AvgIpc) is 3.04. The molecule has 2 atom stereocenters. The molecule has 1 aliphatic carbocycles. The molecule has 2 nitrogen and oxygen atoms in total. The number of carbonyl (C=O) groups is 1. The summed E-state index contributed by atoms with van der Waals surface area (Å²) in [5.74, 6) is 0.645. The van der Waals surface area contributed by atoms with Crippen LogP contribution in [0, 0.1) is 5.92 Å². The summed E-state index contributed by atoms with van der Waals surface area (Å²) in [6.07, 6.45) is 1.52. The Labute approximate surface area is 176 Å². The summed E-state index contributed by atoms with van der Waals surface area (Å²) in [7, 11) is -1.99. The minimum atomic E-state index is -1.99. The van der Waals surface area contributed by atoms with Crippen molar-refractivity contribution < 1.29 is 9.22 Å². The lowest BCUT2D eigenvalue weighted by atomic mass is 9.90. The van der Waals surface area contributed by atoms with Crippen LogP contribution in [0.5, 0.6) is 0 Å². The van der Waals surface area contributed by atoms with Crippen LogP contribution < -0.4 is 0 Å². The molecule has 0 radical (unpaired) electrons. The first-order valence-electron chi connectivity index (χ1n) is 11.0. The quantitative estimate of drug-likeness (QED) is 0.536. The lowest BCUT2D eigenvalue weighted by Crippen LogP contribution is -2.53. The summed E-state index contributed by atoms with van der Waals surface area (Å²) in [5.41, 5.74) is 5.63. The third kappa shape index (κ3) is 3.67. The van der Waals surface area contributed by atoms with Crippen molar-refractivity contribution in [1.29, 1.82) is 0 Å². The number of fused-ring (bicyclic) bond motifs is 1. The average molecular weight is 405 g/mol. The number of hydrogen-bond donors (Lipinski definition) is 0. The molecular weight excluding hydrogens is 372 g/mol. The van der Waals surface area contributed by atoms with Crippen molar-refractivity contribution in [3.05, 3.63) is 77.4 Å². The molecule has 4 rings (SSSR count). The van der Waals surface area contributed by atoms with Crippen LogP contribution in [0.2, 0.25) is 17.1 Å². The van der Waals surface area contributed by atoms with E-state index < -0.39 is 8.32 Å². The second-order valence-electron chi connectivity index (χ2n) is 9.29. The molecular formula is C26H32O2Si. The lowest BCUT2D eigenvalue weighted by molar-refractivity contribution is -0.113. The Kier molecular flexibility index (Phi) is 5.63. The van der Waals surface area contributed by atoms with E-state index in [4.69, 9.17) is 4.43 Å². The number of hydrogen-bond acceptors (Lipinski definition) is 2. The molecule has 0 saturated carbocycles. The van der Waals surface area contributed by atoms with E-state index in [1.54, 1.807) is 0 Å². The predicted octanol–water partition coefficient (Wildman–Crippen LogP) is 6.44. The van der Waals surface area contributed by atoms with E-state index in [-0.39, 0.29) is 6.10 Å². The van der Waals surface area contributed by atoms with Crippen LogP contribution in [0.3, 0.4) is 0 Å². The normalized spacial score (nSPS) is 23.7. The maximum Gasteiger partial charge on any atom is 0.199 e. The zero-order valence-corrected chi connectivity index (χ0v) is 19.0. The lowest BCUT2D eigenvalue weighted by Gasteiger charge is -2.48. The third-order valence-electron chi connectivity index (χ3n) is 6.99. The van der Waals surface area contributed by atoms with Gasteiger partial charge in [-0.25, -0.2) is 0 Å². The highest BCUT2D eigenvalue weighted by Crippen LogP contribution is 2.52. The second-order valence-corrected chi connectivity index (χ2v) is 14.1. The van der Waals surface area contributed by atoms with Crippen molar-refractivity contribution in [2.45, 2.75) is 63.8 Å². The molecule has 2 aromatic carbocycles. The molecule has 0 bridgehead atoms. The highest BCUT2D eigenvalue weighted by atomic mass is 28.4. The van der Waals surface area contributed by atoms with E-state index in [9.17, 15) is 4.79 Å². The van der Waals surface area contributed by atoms with E-state index in [0.29, 0.717) is 29.2 Å². The largest absolute Gasteiger partial charge is 0.409 e. The smallest absolute Gasteiger partial charge is 0.199 e. The molecule has 3 heteroatoms. The van der Waals surface area contributed by atoms with Gasteiger partial charge in [-0.3, -0.25) is 4.79 Å². The zero-order valence-electron chi connectivity index (χ0n) is 18.0. The topological polar surface area (TPSA) is 26.3 Å². The van der Waals surface area contributed by atoms with Crippen LogP contribution >= 0.6 is 0 Å². The molecule has 2 aliphatic rings. The number of carbonyl (C=O) groups excluding carboxylic acids is 1. The van der Waals surface area contributed by atoms with Gasteiger partial charge in [-0.05, 0) is 39.7 Å². The summed E-state index contributed by atoms with van der Waals surface area (Å²) in [4.78, 5) is 13.2. The Balaban J connectivity index is 1.83. The SMILES string of the molecule is CC(C)[Si]1(C(C)C)C[C@@H]2CC(=O)C(c3ccccc3)=C2[C@H](Cc2ccccc2)O1. The van der Waals surface area contributed by atoms with E-state index >= 15 is 0 Å². The van der Waals surface area contributed by atoms with E-state index in [0.717, 1.165) is 23.6 Å². The first-order valence-corrected chi connectivity index (χ1v) is 13.2. The van der Waals surface area contributed by atoms with E-state index in [1.165, 1.54) is 11.1 Å². The molecule has 2 aromatic rings. The number of benzene rings is 2. The van der Waals surface area contributed by atoms with Gasteiger partial charge in [0.05, 0.1) is 6.10 Å². The van der Waals surface area contributed by atoms with Crippen molar-refractivity contribution in [3.8, 4) is 0 Å². The van der Waals surface area contributed by atoms with Crippen molar-refractivity contribution in [3.63, 3.8) is 0 Å².